The van der Waals surface area contributed by atoms with Gasteiger partial charge in [0, 0.05) is 37.1 Å². The van der Waals surface area contributed by atoms with Crippen molar-refractivity contribution in [2.45, 2.75) is 20.4 Å². The average molecular weight is 413 g/mol. The maximum Gasteiger partial charge on any atom is 0.196 e. The van der Waals surface area contributed by atoms with E-state index in [0.717, 1.165) is 50.1 Å². The molecule has 0 aromatic heterocycles. The molecule has 1 fully saturated rings. The highest BCUT2D eigenvalue weighted by Gasteiger charge is 2.11. The van der Waals surface area contributed by atoms with Crippen molar-refractivity contribution in [3.63, 3.8) is 0 Å². The van der Waals surface area contributed by atoms with Gasteiger partial charge in [0.25, 0.3) is 0 Å². The van der Waals surface area contributed by atoms with Gasteiger partial charge in [-0.15, -0.1) is 0 Å². The summed E-state index contributed by atoms with van der Waals surface area (Å²) in [6.07, 6.45) is 0. The number of nitrogens with zero attached hydrogens (tertiary/aromatic N) is 2. The van der Waals surface area contributed by atoms with Gasteiger partial charge in [0.15, 0.2) is 17.5 Å². The minimum absolute atomic E-state index is 0.578. The maximum absolute atomic E-state index is 5.66. The van der Waals surface area contributed by atoms with Crippen LogP contribution in [0.5, 0.6) is 11.5 Å². The van der Waals surface area contributed by atoms with Gasteiger partial charge in [-0.1, -0.05) is 12.1 Å². The van der Waals surface area contributed by atoms with Crippen molar-refractivity contribution in [3.8, 4) is 11.5 Å². The molecule has 0 spiro atoms. The Morgan fingerprint density at radius 1 is 1.07 bits per heavy atom. The third-order valence-electron chi connectivity index (χ3n) is 4.80. The maximum atomic E-state index is 5.66. The third kappa shape index (κ3) is 6.03. The fourth-order valence-electron chi connectivity index (χ4n) is 3.27. The van der Waals surface area contributed by atoms with E-state index in [1.165, 1.54) is 5.69 Å². The molecular formula is C23H32N4O3. The molecule has 1 aliphatic rings. The second-order valence-corrected chi connectivity index (χ2v) is 6.88. The van der Waals surface area contributed by atoms with Crippen LogP contribution in [0.3, 0.4) is 0 Å². The van der Waals surface area contributed by atoms with Gasteiger partial charge in [-0.2, -0.15) is 0 Å². The zero-order valence-corrected chi connectivity index (χ0v) is 18.1. The van der Waals surface area contributed by atoms with E-state index in [1.807, 2.05) is 32.0 Å². The number of nitrogens with one attached hydrogen (secondary N) is 2. The minimum atomic E-state index is 0.578. The normalized spacial score (nSPS) is 14.4. The van der Waals surface area contributed by atoms with E-state index in [-0.39, 0.29) is 0 Å². The molecule has 2 aromatic carbocycles. The summed E-state index contributed by atoms with van der Waals surface area (Å²) in [7, 11) is 1.64. The quantitative estimate of drug-likeness (QED) is 0.511. The second kappa shape index (κ2) is 11.3. The van der Waals surface area contributed by atoms with Gasteiger partial charge in [0.05, 0.1) is 33.5 Å². The highest BCUT2D eigenvalue weighted by molar-refractivity contribution is 5.93. The molecule has 2 aromatic rings. The lowest BCUT2D eigenvalue weighted by molar-refractivity contribution is 0.122. The van der Waals surface area contributed by atoms with E-state index in [0.29, 0.717) is 24.7 Å². The standard InChI is InChI=1S/C23H32N4O3/c1-4-24-23(26-19-8-11-21(28-3)22(16-19)30-5-2)25-17-18-6-9-20(10-7-18)27-12-14-29-15-13-27/h6-11,16H,4-5,12-15,17H2,1-3H3,(H2,24,25,26). The summed E-state index contributed by atoms with van der Waals surface area (Å²) >= 11 is 0. The molecule has 1 aliphatic heterocycles. The average Bonchev–Trinajstić information content (AvgIpc) is 2.79. The summed E-state index contributed by atoms with van der Waals surface area (Å²) < 4.78 is 16.4. The van der Waals surface area contributed by atoms with Crippen LogP contribution in [0.1, 0.15) is 19.4 Å². The molecule has 0 aliphatic carbocycles. The number of hydrogen-bond donors (Lipinski definition) is 2. The van der Waals surface area contributed by atoms with Gasteiger partial charge < -0.3 is 29.7 Å². The lowest BCUT2D eigenvalue weighted by Gasteiger charge is -2.28. The van der Waals surface area contributed by atoms with Crippen molar-refractivity contribution in [2.24, 2.45) is 4.99 Å². The number of hydrogen-bond acceptors (Lipinski definition) is 5. The van der Waals surface area contributed by atoms with Crippen molar-refractivity contribution in [2.75, 3.05) is 56.8 Å². The lowest BCUT2D eigenvalue weighted by atomic mass is 10.2. The van der Waals surface area contributed by atoms with E-state index in [2.05, 4.69) is 39.8 Å². The number of aliphatic imine (C=N–C) groups is 1. The number of anilines is 2. The molecule has 2 N–H and O–H groups in total. The van der Waals surface area contributed by atoms with Crippen LogP contribution in [0, 0.1) is 0 Å². The number of benzene rings is 2. The molecule has 0 bridgehead atoms. The molecule has 0 radical (unpaired) electrons. The van der Waals surface area contributed by atoms with Crippen LogP contribution in [-0.2, 0) is 11.3 Å². The van der Waals surface area contributed by atoms with E-state index in [4.69, 9.17) is 19.2 Å². The zero-order chi connectivity index (χ0) is 21.2. The van der Waals surface area contributed by atoms with Gasteiger partial charge in [0.2, 0.25) is 0 Å². The van der Waals surface area contributed by atoms with E-state index in [1.54, 1.807) is 7.11 Å². The topological polar surface area (TPSA) is 67.4 Å². The van der Waals surface area contributed by atoms with Crippen LogP contribution in [0.4, 0.5) is 11.4 Å². The lowest BCUT2D eigenvalue weighted by Crippen LogP contribution is -2.36. The Kier molecular flexibility index (Phi) is 8.20. The predicted molar refractivity (Wildman–Crippen MR) is 122 cm³/mol. The highest BCUT2D eigenvalue weighted by atomic mass is 16.5. The molecule has 7 heteroatoms. The van der Waals surface area contributed by atoms with Crippen molar-refractivity contribution >= 4 is 17.3 Å². The first kappa shape index (κ1) is 21.8. The van der Waals surface area contributed by atoms with Gasteiger partial charge in [0.1, 0.15) is 0 Å². The van der Waals surface area contributed by atoms with Crippen LogP contribution in [0.15, 0.2) is 47.5 Å². The Balaban J connectivity index is 1.66. The first-order chi connectivity index (χ1) is 14.7. The molecule has 3 rings (SSSR count). The second-order valence-electron chi connectivity index (χ2n) is 6.88. The molecule has 0 atom stereocenters. The largest absolute Gasteiger partial charge is 0.493 e. The molecule has 162 valence electrons. The zero-order valence-electron chi connectivity index (χ0n) is 18.1. The van der Waals surface area contributed by atoms with Crippen LogP contribution in [-0.4, -0.2) is 52.5 Å². The number of methoxy groups -OCH3 is 1. The van der Waals surface area contributed by atoms with Crippen molar-refractivity contribution in [1.82, 2.24) is 5.32 Å². The van der Waals surface area contributed by atoms with Crippen molar-refractivity contribution in [1.29, 1.82) is 0 Å². The Bertz CT molecular complexity index is 818. The molecule has 0 saturated carbocycles. The molecule has 0 unspecified atom stereocenters. The highest BCUT2D eigenvalue weighted by Crippen LogP contribution is 2.30. The number of guanidine groups is 1. The van der Waals surface area contributed by atoms with E-state index >= 15 is 0 Å². The van der Waals surface area contributed by atoms with Gasteiger partial charge in [-0.05, 0) is 43.7 Å². The number of morpholine rings is 1. The summed E-state index contributed by atoms with van der Waals surface area (Å²) in [5.41, 5.74) is 3.29. The molecule has 1 saturated heterocycles. The number of ether oxygens (including phenoxy) is 3. The van der Waals surface area contributed by atoms with Gasteiger partial charge >= 0.3 is 0 Å². The van der Waals surface area contributed by atoms with E-state index in [9.17, 15) is 0 Å². The SMILES string of the molecule is CCNC(=NCc1ccc(N2CCOCC2)cc1)Nc1ccc(OC)c(OCC)c1. The Labute approximate surface area is 179 Å². The van der Waals surface area contributed by atoms with Crippen LogP contribution < -0.4 is 25.0 Å². The van der Waals surface area contributed by atoms with Crippen molar-refractivity contribution < 1.29 is 14.2 Å². The number of rotatable bonds is 8. The van der Waals surface area contributed by atoms with Gasteiger partial charge in [-0.3, -0.25) is 0 Å². The summed E-state index contributed by atoms with van der Waals surface area (Å²) in [6.45, 7) is 9.41. The molecule has 30 heavy (non-hydrogen) atoms. The fourth-order valence-corrected chi connectivity index (χ4v) is 3.27. The van der Waals surface area contributed by atoms with E-state index < -0.39 is 0 Å². The molecule has 7 nitrogen and oxygen atoms in total. The molecular weight excluding hydrogens is 380 g/mol. The first-order valence-electron chi connectivity index (χ1n) is 10.5. The Morgan fingerprint density at radius 3 is 2.50 bits per heavy atom. The monoisotopic (exact) mass is 412 g/mol. The summed E-state index contributed by atoms with van der Waals surface area (Å²) in [5, 5.41) is 6.63. The predicted octanol–water partition coefficient (Wildman–Crippen LogP) is 3.51. The third-order valence-corrected chi connectivity index (χ3v) is 4.80. The molecule has 0 amide bonds. The first-order valence-corrected chi connectivity index (χ1v) is 10.5. The van der Waals surface area contributed by atoms with Crippen LogP contribution >= 0.6 is 0 Å². The van der Waals surface area contributed by atoms with Crippen molar-refractivity contribution in [3.05, 3.63) is 48.0 Å². The molecule has 1 heterocycles. The van der Waals surface area contributed by atoms with Crippen LogP contribution in [0.2, 0.25) is 0 Å². The fraction of sp³-hybridized carbons (Fsp3) is 0.435. The summed E-state index contributed by atoms with van der Waals surface area (Å²) in [5.74, 6) is 2.15. The smallest absolute Gasteiger partial charge is 0.196 e. The summed E-state index contributed by atoms with van der Waals surface area (Å²) in [4.78, 5) is 7.08. The summed E-state index contributed by atoms with van der Waals surface area (Å²) in [6, 6.07) is 14.4. The Morgan fingerprint density at radius 2 is 1.83 bits per heavy atom. The Hall–Kier alpha value is -2.93. The van der Waals surface area contributed by atoms with Crippen LogP contribution in [0.25, 0.3) is 0 Å². The van der Waals surface area contributed by atoms with Gasteiger partial charge in [-0.25, -0.2) is 4.99 Å². The minimum Gasteiger partial charge on any atom is -0.493 e.